The first-order valence-electron chi connectivity index (χ1n) is 14.4. The maximum absolute atomic E-state index is 10.6. The predicted molar refractivity (Wildman–Crippen MR) is 173 cm³/mol. The van der Waals surface area contributed by atoms with E-state index in [1.165, 1.54) is 11.1 Å². The molecule has 0 amide bonds. The van der Waals surface area contributed by atoms with E-state index in [0.717, 1.165) is 46.2 Å². The van der Waals surface area contributed by atoms with Crippen LogP contribution in [0.4, 0.5) is 0 Å². The molecule has 0 fully saturated rings. The summed E-state index contributed by atoms with van der Waals surface area (Å²) in [5.41, 5.74) is 8.82. The molecule has 7 rings (SSSR count). The Balaban J connectivity index is 1.37. The van der Waals surface area contributed by atoms with E-state index < -0.39 is 34.3 Å². The van der Waals surface area contributed by atoms with Crippen LogP contribution in [0.3, 0.4) is 0 Å². The second-order valence-electron chi connectivity index (χ2n) is 10.8. The summed E-state index contributed by atoms with van der Waals surface area (Å²) in [5.74, 6) is -4.94. The molecule has 0 radical (unpaired) electrons. The van der Waals surface area contributed by atoms with Crippen molar-refractivity contribution in [2.45, 2.75) is 12.8 Å². The van der Waals surface area contributed by atoms with Crippen LogP contribution in [-0.2, 0) is 6.42 Å². The topological polar surface area (TPSA) is 140 Å². The number of benzene rings is 4. The molecule has 5 N–H and O–H groups in total. The SMILES string of the molecule is Oc1c(O)c(O)c(-c2ncc(-c3cccc(-c4cccnc4)c3)c(-c3ccc(-c4ccc5c(c4)C=CCC5)cc3)n2)c(O)c1O. The maximum atomic E-state index is 10.6. The Kier molecular flexibility index (Phi) is 6.86. The number of allylic oxidation sites excluding steroid dienone is 1. The van der Waals surface area contributed by atoms with Gasteiger partial charge in [-0.1, -0.05) is 72.8 Å². The molecule has 0 aliphatic heterocycles. The maximum Gasteiger partial charge on any atom is 0.208 e. The van der Waals surface area contributed by atoms with Gasteiger partial charge >= 0.3 is 0 Å². The van der Waals surface area contributed by atoms with E-state index in [-0.39, 0.29) is 5.82 Å². The largest absolute Gasteiger partial charge is 0.504 e. The molecule has 2 heterocycles. The lowest BCUT2D eigenvalue weighted by atomic mass is 9.92. The lowest BCUT2D eigenvalue weighted by Gasteiger charge is -2.15. The van der Waals surface area contributed by atoms with Crippen LogP contribution in [0.2, 0.25) is 0 Å². The molecule has 8 heteroatoms. The molecule has 4 aromatic carbocycles. The molecular formula is C37H27N3O5. The molecule has 2 aromatic heterocycles. The monoisotopic (exact) mass is 593 g/mol. The first kappa shape index (κ1) is 27.7. The van der Waals surface area contributed by atoms with Crippen LogP contribution in [0.15, 0.2) is 104 Å². The van der Waals surface area contributed by atoms with Gasteiger partial charge in [-0.3, -0.25) is 4.98 Å². The molecular weight excluding hydrogens is 566 g/mol. The number of aromatic hydroxyl groups is 5. The molecule has 1 aliphatic rings. The summed E-state index contributed by atoms with van der Waals surface area (Å²) in [4.78, 5) is 13.4. The van der Waals surface area contributed by atoms with Gasteiger partial charge in [0.25, 0.3) is 0 Å². The van der Waals surface area contributed by atoms with E-state index in [1.807, 2.05) is 60.7 Å². The average molecular weight is 594 g/mol. The molecule has 0 saturated heterocycles. The number of rotatable bonds is 5. The third kappa shape index (κ3) is 4.98. The van der Waals surface area contributed by atoms with Gasteiger partial charge in [0, 0.05) is 35.3 Å². The van der Waals surface area contributed by atoms with E-state index in [2.05, 4.69) is 40.3 Å². The molecule has 0 bridgehead atoms. The molecule has 1 aliphatic carbocycles. The molecule has 0 saturated carbocycles. The van der Waals surface area contributed by atoms with Gasteiger partial charge < -0.3 is 25.5 Å². The number of aryl methyl sites for hydroxylation is 1. The quantitative estimate of drug-likeness (QED) is 0.101. The lowest BCUT2D eigenvalue weighted by Crippen LogP contribution is -1.97. The normalized spacial score (nSPS) is 12.2. The van der Waals surface area contributed by atoms with Crippen molar-refractivity contribution in [3.05, 3.63) is 115 Å². The van der Waals surface area contributed by atoms with Crippen LogP contribution in [0.5, 0.6) is 28.7 Å². The highest BCUT2D eigenvalue weighted by atomic mass is 16.4. The summed E-state index contributed by atoms with van der Waals surface area (Å²) in [5, 5.41) is 51.5. The van der Waals surface area contributed by atoms with Crippen LogP contribution in [-0.4, -0.2) is 40.5 Å². The van der Waals surface area contributed by atoms with Crippen molar-refractivity contribution in [1.82, 2.24) is 15.0 Å². The summed E-state index contributed by atoms with van der Waals surface area (Å²) in [7, 11) is 0. The molecule has 6 aromatic rings. The van der Waals surface area contributed by atoms with Gasteiger partial charge in [-0.05, 0) is 64.4 Å². The summed E-state index contributed by atoms with van der Waals surface area (Å²) >= 11 is 0. The van der Waals surface area contributed by atoms with Crippen LogP contribution in [0.25, 0.3) is 62.1 Å². The predicted octanol–water partition coefficient (Wildman–Crippen LogP) is 7.69. The van der Waals surface area contributed by atoms with Crippen LogP contribution in [0.1, 0.15) is 17.5 Å². The number of hydrogen-bond donors (Lipinski definition) is 5. The van der Waals surface area contributed by atoms with Crippen molar-refractivity contribution < 1.29 is 25.5 Å². The van der Waals surface area contributed by atoms with E-state index >= 15 is 0 Å². The van der Waals surface area contributed by atoms with Gasteiger partial charge in [-0.25, -0.2) is 9.97 Å². The van der Waals surface area contributed by atoms with E-state index in [4.69, 9.17) is 4.98 Å². The average Bonchev–Trinajstić information content (AvgIpc) is 3.10. The second kappa shape index (κ2) is 11.2. The highest BCUT2D eigenvalue weighted by molar-refractivity contribution is 5.87. The minimum Gasteiger partial charge on any atom is -0.504 e. The van der Waals surface area contributed by atoms with Gasteiger partial charge in [0.1, 0.15) is 5.56 Å². The highest BCUT2D eigenvalue weighted by Crippen LogP contribution is 2.54. The molecule has 0 spiro atoms. The zero-order valence-electron chi connectivity index (χ0n) is 23.9. The van der Waals surface area contributed by atoms with Crippen molar-refractivity contribution in [2.24, 2.45) is 0 Å². The van der Waals surface area contributed by atoms with Crippen molar-refractivity contribution in [3.63, 3.8) is 0 Å². The van der Waals surface area contributed by atoms with E-state index in [1.54, 1.807) is 18.6 Å². The van der Waals surface area contributed by atoms with Gasteiger partial charge in [0.2, 0.25) is 17.2 Å². The number of phenolic OH excluding ortho intramolecular Hbond substituents is 5. The van der Waals surface area contributed by atoms with Crippen molar-refractivity contribution in [1.29, 1.82) is 0 Å². The van der Waals surface area contributed by atoms with E-state index in [0.29, 0.717) is 11.3 Å². The summed E-state index contributed by atoms with van der Waals surface area (Å²) in [6, 6.07) is 26.1. The van der Waals surface area contributed by atoms with Gasteiger partial charge in [-0.15, -0.1) is 0 Å². The Morgan fingerprint density at radius 2 is 1.24 bits per heavy atom. The second-order valence-corrected chi connectivity index (χ2v) is 10.8. The summed E-state index contributed by atoms with van der Waals surface area (Å²) < 4.78 is 0. The summed E-state index contributed by atoms with van der Waals surface area (Å²) in [6.07, 6.45) is 11.5. The van der Waals surface area contributed by atoms with Gasteiger partial charge in [0.05, 0.1) is 5.69 Å². The van der Waals surface area contributed by atoms with Gasteiger partial charge in [0.15, 0.2) is 17.3 Å². The first-order chi connectivity index (χ1) is 21.9. The fraction of sp³-hybridized carbons (Fsp3) is 0.0541. The minimum atomic E-state index is -1.05. The van der Waals surface area contributed by atoms with Crippen LogP contribution < -0.4 is 0 Å². The number of hydrogen-bond acceptors (Lipinski definition) is 8. The summed E-state index contributed by atoms with van der Waals surface area (Å²) in [6.45, 7) is 0. The molecule has 45 heavy (non-hydrogen) atoms. The van der Waals surface area contributed by atoms with E-state index in [9.17, 15) is 25.5 Å². The number of fused-ring (bicyclic) bond motifs is 1. The number of phenols is 5. The Hall–Kier alpha value is -6.15. The zero-order chi connectivity index (χ0) is 31.1. The van der Waals surface area contributed by atoms with Crippen molar-refractivity contribution >= 4 is 6.08 Å². The molecule has 8 nitrogen and oxygen atoms in total. The fourth-order valence-electron chi connectivity index (χ4n) is 5.66. The standard InChI is InChI=1S/C37H27N3O5/c41-32-30(33(42)35(44)36(45)34(32)43)37-39-20-29(27-8-3-7-25(18-27)28-9-4-16-38-19-28)31(40-37)23-13-10-22(11-14-23)26-15-12-21-5-1-2-6-24(21)17-26/h2-4,6-20,41-45H,1,5H2. The van der Waals surface area contributed by atoms with Crippen molar-refractivity contribution in [3.8, 4) is 84.8 Å². The number of aromatic nitrogens is 3. The third-order valence-electron chi connectivity index (χ3n) is 8.07. The Bertz CT molecular complexity index is 2080. The Morgan fingerprint density at radius 1 is 0.578 bits per heavy atom. The first-order valence-corrected chi connectivity index (χ1v) is 14.4. The Labute approximate surface area is 258 Å². The molecule has 0 unspecified atom stereocenters. The number of nitrogens with zero attached hydrogens (tertiary/aromatic N) is 3. The van der Waals surface area contributed by atoms with Crippen molar-refractivity contribution in [2.75, 3.05) is 0 Å². The smallest absolute Gasteiger partial charge is 0.208 e. The zero-order valence-corrected chi connectivity index (χ0v) is 23.9. The van der Waals surface area contributed by atoms with Gasteiger partial charge in [-0.2, -0.15) is 0 Å². The molecule has 0 atom stereocenters. The highest BCUT2D eigenvalue weighted by Gasteiger charge is 2.27. The minimum absolute atomic E-state index is 0.164. The lowest BCUT2D eigenvalue weighted by molar-refractivity contribution is 0.329. The van der Waals surface area contributed by atoms with Crippen LogP contribution >= 0.6 is 0 Å². The Morgan fingerprint density at radius 3 is 2.00 bits per heavy atom. The number of pyridine rings is 1. The van der Waals surface area contributed by atoms with Crippen LogP contribution in [0, 0.1) is 0 Å². The fourth-order valence-corrected chi connectivity index (χ4v) is 5.66. The molecule has 220 valence electrons. The third-order valence-corrected chi connectivity index (χ3v) is 8.07.